The second-order valence-electron chi connectivity index (χ2n) is 6.16. The number of aliphatic hydroxyl groups excluding tert-OH is 1. The van der Waals surface area contributed by atoms with Gasteiger partial charge in [-0.1, -0.05) is 29.3 Å². The summed E-state index contributed by atoms with van der Waals surface area (Å²) in [4.78, 5) is 7.94. The fourth-order valence-corrected chi connectivity index (χ4v) is 3.46. The molecule has 4 nitrogen and oxygen atoms in total. The number of aromatic nitrogens is 3. The van der Waals surface area contributed by atoms with Gasteiger partial charge in [-0.05, 0) is 42.5 Å². The topological polar surface area (TPSA) is 50.9 Å². The first kappa shape index (κ1) is 18.6. The Kier molecular flexibility index (Phi) is 5.13. The Bertz CT molecular complexity index is 1130. The lowest BCUT2D eigenvalue weighted by atomic mass is 10.00. The number of aliphatic hydroxyl groups is 1. The molecule has 0 aliphatic heterocycles. The minimum atomic E-state index is -1.08. The van der Waals surface area contributed by atoms with Gasteiger partial charge >= 0.3 is 0 Å². The Balaban J connectivity index is 1.94. The third-order valence-electron chi connectivity index (χ3n) is 4.39. The van der Waals surface area contributed by atoms with Crippen LogP contribution in [-0.2, 0) is 0 Å². The molecule has 1 unspecified atom stereocenters. The molecule has 2 aromatic heterocycles. The van der Waals surface area contributed by atoms with Crippen molar-refractivity contribution in [2.24, 2.45) is 0 Å². The molecule has 0 saturated carbocycles. The molecule has 0 radical (unpaired) electrons. The average Bonchev–Trinajstić information content (AvgIpc) is 3.13. The molecule has 7 heteroatoms. The van der Waals surface area contributed by atoms with E-state index in [-0.39, 0.29) is 0 Å². The number of halogens is 3. The molecule has 140 valence electrons. The van der Waals surface area contributed by atoms with E-state index in [0.717, 1.165) is 5.69 Å². The van der Waals surface area contributed by atoms with Gasteiger partial charge in [-0.3, -0.25) is 0 Å². The van der Waals surface area contributed by atoms with Gasteiger partial charge in [0.15, 0.2) is 0 Å². The Labute approximate surface area is 170 Å². The van der Waals surface area contributed by atoms with E-state index in [9.17, 15) is 9.50 Å². The molecule has 0 fully saturated rings. The number of nitrogens with zero attached hydrogens (tertiary/aromatic N) is 3. The predicted molar refractivity (Wildman–Crippen MR) is 107 cm³/mol. The summed E-state index contributed by atoms with van der Waals surface area (Å²) in [6, 6.07) is 13.4. The second kappa shape index (κ2) is 7.72. The molecule has 1 N–H and O–H groups in total. The van der Waals surface area contributed by atoms with Crippen molar-refractivity contribution in [2.45, 2.75) is 6.10 Å². The van der Waals surface area contributed by atoms with Crippen molar-refractivity contribution in [2.75, 3.05) is 0 Å². The van der Waals surface area contributed by atoms with Crippen LogP contribution in [-0.4, -0.2) is 19.6 Å². The van der Waals surface area contributed by atoms with Crippen molar-refractivity contribution in [3.05, 3.63) is 101 Å². The van der Waals surface area contributed by atoms with E-state index in [1.807, 2.05) is 12.1 Å². The Morgan fingerprint density at radius 2 is 1.68 bits per heavy atom. The molecule has 1 atom stereocenters. The van der Waals surface area contributed by atoms with E-state index in [1.165, 1.54) is 24.8 Å². The number of hydrogen-bond acceptors (Lipinski definition) is 3. The fraction of sp³-hybridized carbons (Fsp3) is 0.0476. The largest absolute Gasteiger partial charge is 0.382 e. The normalized spacial score (nSPS) is 12.1. The fourth-order valence-electron chi connectivity index (χ4n) is 3.12. The van der Waals surface area contributed by atoms with Crippen LogP contribution in [0.15, 0.2) is 73.4 Å². The van der Waals surface area contributed by atoms with Crippen LogP contribution in [0, 0.1) is 5.82 Å². The molecule has 0 amide bonds. The van der Waals surface area contributed by atoms with E-state index < -0.39 is 11.9 Å². The Morgan fingerprint density at radius 1 is 0.929 bits per heavy atom. The maximum absolute atomic E-state index is 14.6. The van der Waals surface area contributed by atoms with Gasteiger partial charge in [0.2, 0.25) is 0 Å². The second-order valence-corrected chi connectivity index (χ2v) is 7.04. The van der Waals surface area contributed by atoms with Crippen LogP contribution in [0.4, 0.5) is 4.39 Å². The van der Waals surface area contributed by atoms with E-state index in [1.54, 1.807) is 41.1 Å². The van der Waals surface area contributed by atoms with Crippen molar-refractivity contribution >= 4 is 23.2 Å². The lowest BCUT2D eigenvalue weighted by molar-refractivity contribution is 0.213. The molecule has 0 aliphatic rings. The molecular weight excluding hydrogens is 400 g/mol. The van der Waals surface area contributed by atoms with Crippen molar-refractivity contribution in [3.63, 3.8) is 0 Å². The summed E-state index contributed by atoms with van der Waals surface area (Å²) < 4.78 is 16.4. The first-order chi connectivity index (χ1) is 13.5. The zero-order valence-corrected chi connectivity index (χ0v) is 15.9. The molecule has 0 bridgehead atoms. The van der Waals surface area contributed by atoms with Crippen LogP contribution in [0.2, 0.25) is 10.0 Å². The summed E-state index contributed by atoms with van der Waals surface area (Å²) in [5.74, 6) is -0.478. The van der Waals surface area contributed by atoms with Crippen LogP contribution >= 0.6 is 23.2 Å². The highest BCUT2D eigenvalue weighted by Gasteiger charge is 2.23. The third kappa shape index (κ3) is 3.52. The molecule has 2 heterocycles. The SMILES string of the molecule is OC(c1cncnc1)c1c(-c2ccc(Cl)cc2F)ccn1-c1cccc(Cl)c1. The maximum Gasteiger partial charge on any atom is 0.132 e. The van der Waals surface area contributed by atoms with Crippen molar-refractivity contribution in [1.82, 2.24) is 14.5 Å². The molecule has 4 rings (SSSR count). The molecule has 0 aliphatic carbocycles. The predicted octanol–water partition coefficient (Wildman–Crippen LogP) is 5.46. The molecular formula is C21H14Cl2FN3O. The first-order valence-electron chi connectivity index (χ1n) is 8.40. The molecule has 2 aromatic carbocycles. The van der Waals surface area contributed by atoms with Gasteiger partial charge in [0.05, 0.1) is 5.69 Å². The van der Waals surface area contributed by atoms with E-state index in [4.69, 9.17) is 23.2 Å². The van der Waals surface area contributed by atoms with E-state index in [2.05, 4.69) is 9.97 Å². The van der Waals surface area contributed by atoms with Crippen molar-refractivity contribution < 1.29 is 9.50 Å². The van der Waals surface area contributed by atoms with Crippen LogP contribution < -0.4 is 0 Å². The third-order valence-corrected chi connectivity index (χ3v) is 4.86. The standard InChI is InChI=1S/C21H14Cl2FN3O/c22-14-2-1-3-16(8-14)27-7-6-18(17-5-4-15(23)9-19(17)24)20(27)21(28)13-10-25-12-26-11-13/h1-12,21,28H. The van der Waals surface area contributed by atoms with Crippen molar-refractivity contribution in [3.8, 4) is 16.8 Å². The van der Waals surface area contributed by atoms with Crippen LogP contribution in [0.1, 0.15) is 17.4 Å². The quantitative estimate of drug-likeness (QED) is 0.482. The monoisotopic (exact) mass is 413 g/mol. The van der Waals surface area contributed by atoms with Gasteiger partial charge in [-0.2, -0.15) is 0 Å². The molecule has 4 aromatic rings. The van der Waals surface area contributed by atoms with Crippen LogP contribution in [0.25, 0.3) is 16.8 Å². The van der Waals surface area contributed by atoms with Gasteiger partial charge in [-0.25, -0.2) is 14.4 Å². The maximum atomic E-state index is 14.6. The highest BCUT2D eigenvalue weighted by atomic mass is 35.5. The lowest BCUT2D eigenvalue weighted by Crippen LogP contribution is -2.09. The lowest BCUT2D eigenvalue weighted by Gasteiger charge is -2.18. The number of rotatable bonds is 4. The zero-order chi connectivity index (χ0) is 19.7. The van der Waals surface area contributed by atoms with Gasteiger partial charge in [0, 0.05) is 51.0 Å². The zero-order valence-electron chi connectivity index (χ0n) is 14.4. The highest BCUT2D eigenvalue weighted by molar-refractivity contribution is 6.31. The minimum absolute atomic E-state index is 0.300. The summed E-state index contributed by atoms with van der Waals surface area (Å²) >= 11 is 12.0. The van der Waals surface area contributed by atoms with Gasteiger partial charge in [-0.15, -0.1) is 0 Å². The Hall–Kier alpha value is -2.73. The summed E-state index contributed by atoms with van der Waals surface area (Å²) in [5, 5.41) is 11.9. The van der Waals surface area contributed by atoms with Gasteiger partial charge in [0.1, 0.15) is 18.2 Å². The van der Waals surface area contributed by atoms with Crippen molar-refractivity contribution in [1.29, 1.82) is 0 Å². The average molecular weight is 414 g/mol. The first-order valence-corrected chi connectivity index (χ1v) is 9.16. The van der Waals surface area contributed by atoms with Crippen LogP contribution in [0.5, 0.6) is 0 Å². The number of benzene rings is 2. The molecule has 0 spiro atoms. The minimum Gasteiger partial charge on any atom is -0.382 e. The molecule has 28 heavy (non-hydrogen) atoms. The van der Waals surface area contributed by atoms with E-state index in [0.29, 0.717) is 32.4 Å². The summed E-state index contributed by atoms with van der Waals surface area (Å²) in [6.45, 7) is 0. The van der Waals surface area contributed by atoms with Gasteiger partial charge in [0.25, 0.3) is 0 Å². The Morgan fingerprint density at radius 3 is 2.39 bits per heavy atom. The van der Waals surface area contributed by atoms with Crippen LogP contribution in [0.3, 0.4) is 0 Å². The van der Waals surface area contributed by atoms with E-state index >= 15 is 0 Å². The molecule has 0 saturated heterocycles. The summed E-state index contributed by atoms with van der Waals surface area (Å²) in [7, 11) is 0. The smallest absolute Gasteiger partial charge is 0.132 e. The van der Waals surface area contributed by atoms with Gasteiger partial charge < -0.3 is 9.67 Å². The number of hydrogen-bond donors (Lipinski definition) is 1. The highest BCUT2D eigenvalue weighted by Crippen LogP contribution is 2.36. The summed E-state index contributed by atoms with van der Waals surface area (Å²) in [5.41, 5.74) is 2.55. The summed E-state index contributed by atoms with van der Waals surface area (Å²) in [6.07, 6.45) is 5.10.